The first-order valence-electron chi connectivity index (χ1n) is 10.3. The number of piperidine rings is 1. The second kappa shape index (κ2) is 9.07. The molecule has 3 aromatic rings. The number of amides is 1. The van der Waals surface area contributed by atoms with Crippen molar-refractivity contribution in [1.82, 2.24) is 19.0 Å². The maximum absolute atomic E-state index is 12.8. The number of sulfonamides is 1. The number of nitrogens with one attached hydrogen (secondary N) is 1. The fraction of sp³-hybridized carbons (Fsp3) is 0.364. The van der Waals surface area contributed by atoms with Crippen molar-refractivity contribution in [3.8, 4) is 5.75 Å². The average Bonchev–Trinajstić information content (AvgIpc) is 3.17. The molecule has 1 atom stereocenters. The molecule has 1 aliphatic rings. The van der Waals surface area contributed by atoms with Gasteiger partial charge in [-0.2, -0.15) is 0 Å². The molecule has 0 saturated carbocycles. The van der Waals surface area contributed by atoms with E-state index in [1.54, 1.807) is 0 Å². The number of hydrogen-bond acceptors (Lipinski definition) is 5. The zero-order valence-corrected chi connectivity index (χ0v) is 18.2. The standard InChI is InChI=1S/C22H26N4O4S/c1-31(28,29)25-13-7-8-17(16-25)21-24-20(19-11-5-6-14-26(19)21)22(27)23-12-15-30-18-9-3-2-4-10-18/h2-6,9-11,14,17H,7-8,12-13,15-16H2,1H3,(H,23,27). The Morgan fingerprint density at radius 3 is 2.74 bits per heavy atom. The molecular formula is C22H26N4O4S. The number of nitrogens with zero attached hydrogens (tertiary/aromatic N) is 3. The molecule has 3 heterocycles. The topological polar surface area (TPSA) is 93.0 Å². The molecule has 1 N–H and O–H groups in total. The summed E-state index contributed by atoms with van der Waals surface area (Å²) in [6.45, 7) is 1.59. The maximum atomic E-state index is 12.8. The van der Waals surface area contributed by atoms with Crippen LogP contribution in [0.2, 0.25) is 0 Å². The van der Waals surface area contributed by atoms with Crippen LogP contribution >= 0.6 is 0 Å². The lowest BCUT2D eigenvalue weighted by Gasteiger charge is -2.30. The van der Waals surface area contributed by atoms with E-state index in [9.17, 15) is 13.2 Å². The first-order valence-corrected chi connectivity index (χ1v) is 12.2. The number of carbonyl (C=O) groups excluding carboxylic acids is 1. The molecule has 1 amide bonds. The highest BCUT2D eigenvalue weighted by molar-refractivity contribution is 7.88. The summed E-state index contributed by atoms with van der Waals surface area (Å²) >= 11 is 0. The summed E-state index contributed by atoms with van der Waals surface area (Å²) in [5.41, 5.74) is 1.04. The predicted octanol–water partition coefficient (Wildman–Crippen LogP) is 2.28. The van der Waals surface area contributed by atoms with Crippen LogP contribution in [0, 0.1) is 0 Å². The van der Waals surface area contributed by atoms with Gasteiger partial charge in [0.05, 0.1) is 18.3 Å². The largest absolute Gasteiger partial charge is 0.492 e. The monoisotopic (exact) mass is 442 g/mol. The van der Waals surface area contributed by atoms with Gasteiger partial charge in [0.25, 0.3) is 5.91 Å². The lowest BCUT2D eigenvalue weighted by Crippen LogP contribution is -2.38. The Hall–Kier alpha value is -2.91. The smallest absolute Gasteiger partial charge is 0.272 e. The number of benzene rings is 1. The SMILES string of the molecule is CS(=O)(=O)N1CCCC(c2nc(C(=O)NCCOc3ccccc3)c3ccccn23)C1. The molecule has 164 valence electrons. The summed E-state index contributed by atoms with van der Waals surface area (Å²) in [7, 11) is -3.26. The Balaban J connectivity index is 1.49. The highest BCUT2D eigenvalue weighted by atomic mass is 32.2. The first-order chi connectivity index (χ1) is 14.9. The fourth-order valence-electron chi connectivity index (χ4n) is 3.90. The Labute approximate surface area is 181 Å². The Kier molecular flexibility index (Phi) is 6.24. The Morgan fingerprint density at radius 1 is 1.19 bits per heavy atom. The van der Waals surface area contributed by atoms with Gasteiger partial charge in [-0.05, 0) is 37.1 Å². The van der Waals surface area contributed by atoms with Gasteiger partial charge in [0, 0.05) is 25.2 Å². The lowest BCUT2D eigenvalue weighted by atomic mass is 9.99. The third kappa shape index (κ3) is 4.88. The van der Waals surface area contributed by atoms with Gasteiger partial charge < -0.3 is 14.5 Å². The third-order valence-corrected chi connectivity index (χ3v) is 6.68. The molecule has 1 saturated heterocycles. The second-order valence-corrected chi connectivity index (χ2v) is 9.63. The van der Waals surface area contributed by atoms with Crippen molar-refractivity contribution in [3.63, 3.8) is 0 Å². The van der Waals surface area contributed by atoms with Crippen LogP contribution < -0.4 is 10.1 Å². The van der Waals surface area contributed by atoms with Crippen LogP contribution in [0.1, 0.15) is 35.1 Å². The zero-order valence-electron chi connectivity index (χ0n) is 17.4. The van der Waals surface area contributed by atoms with E-state index in [-0.39, 0.29) is 11.8 Å². The molecule has 0 bridgehead atoms. The predicted molar refractivity (Wildman–Crippen MR) is 118 cm³/mol. The molecule has 9 heteroatoms. The van der Waals surface area contributed by atoms with Gasteiger partial charge in [0.2, 0.25) is 10.0 Å². The molecule has 1 aromatic carbocycles. The van der Waals surface area contributed by atoms with E-state index < -0.39 is 10.0 Å². The van der Waals surface area contributed by atoms with Crippen molar-refractivity contribution in [3.05, 3.63) is 66.2 Å². The summed E-state index contributed by atoms with van der Waals surface area (Å²) in [6.07, 6.45) is 4.69. The Bertz CT molecular complexity index is 1160. The molecule has 2 aromatic heterocycles. The normalized spacial score (nSPS) is 17.5. The van der Waals surface area contributed by atoms with Crippen LogP contribution in [0.5, 0.6) is 5.75 Å². The number of carbonyl (C=O) groups is 1. The third-order valence-electron chi connectivity index (χ3n) is 5.41. The van der Waals surface area contributed by atoms with E-state index >= 15 is 0 Å². The minimum atomic E-state index is -3.26. The van der Waals surface area contributed by atoms with Crippen molar-refractivity contribution in [1.29, 1.82) is 0 Å². The van der Waals surface area contributed by atoms with E-state index in [4.69, 9.17) is 4.74 Å². The second-order valence-electron chi connectivity index (χ2n) is 7.65. The van der Waals surface area contributed by atoms with Crippen LogP contribution in [0.15, 0.2) is 54.7 Å². The molecule has 8 nitrogen and oxygen atoms in total. The number of hydrogen-bond donors (Lipinski definition) is 1. The van der Waals surface area contributed by atoms with E-state index in [2.05, 4.69) is 10.3 Å². The number of ether oxygens (including phenoxy) is 1. The molecule has 0 spiro atoms. The zero-order chi connectivity index (χ0) is 21.8. The lowest BCUT2D eigenvalue weighted by molar-refractivity contribution is 0.0944. The highest BCUT2D eigenvalue weighted by Crippen LogP contribution is 2.29. The van der Waals surface area contributed by atoms with E-state index in [1.165, 1.54) is 10.6 Å². The van der Waals surface area contributed by atoms with Crippen LogP contribution in [0.25, 0.3) is 5.52 Å². The Morgan fingerprint density at radius 2 is 1.97 bits per heavy atom. The van der Waals surface area contributed by atoms with E-state index in [1.807, 2.05) is 59.1 Å². The van der Waals surface area contributed by atoms with Crippen molar-refractivity contribution in [2.45, 2.75) is 18.8 Å². The van der Waals surface area contributed by atoms with Gasteiger partial charge in [0.15, 0.2) is 5.69 Å². The number of imidazole rings is 1. The van der Waals surface area contributed by atoms with Gasteiger partial charge >= 0.3 is 0 Å². The average molecular weight is 443 g/mol. The van der Waals surface area contributed by atoms with Crippen LogP contribution in [-0.4, -0.2) is 60.5 Å². The number of pyridine rings is 1. The van der Waals surface area contributed by atoms with Gasteiger partial charge in [0.1, 0.15) is 18.2 Å². The number of fused-ring (bicyclic) bond motifs is 1. The number of aromatic nitrogens is 2. The summed E-state index contributed by atoms with van der Waals surface area (Å²) < 4.78 is 33.0. The molecule has 1 aliphatic heterocycles. The fourth-order valence-corrected chi connectivity index (χ4v) is 4.82. The van der Waals surface area contributed by atoms with Crippen molar-refractivity contribution < 1.29 is 17.9 Å². The molecule has 31 heavy (non-hydrogen) atoms. The quantitative estimate of drug-likeness (QED) is 0.567. The minimum absolute atomic E-state index is 0.0682. The summed E-state index contributed by atoms with van der Waals surface area (Å²) in [5.74, 6) is 1.12. The number of rotatable bonds is 7. The summed E-state index contributed by atoms with van der Waals surface area (Å²) in [4.78, 5) is 17.5. The number of para-hydroxylation sites is 1. The first kappa shape index (κ1) is 21.3. The van der Waals surface area contributed by atoms with Crippen molar-refractivity contribution >= 4 is 21.4 Å². The molecule has 4 rings (SSSR count). The van der Waals surface area contributed by atoms with Crippen molar-refractivity contribution in [2.24, 2.45) is 0 Å². The van der Waals surface area contributed by atoms with Gasteiger partial charge in [-0.25, -0.2) is 17.7 Å². The summed E-state index contributed by atoms with van der Waals surface area (Å²) in [6, 6.07) is 15.0. The van der Waals surface area contributed by atoms with Crippen LogP contribution in [0.3, 0.4) is 0 Å². The van der Waals surface area contributed by atoms with Crippen LogP contribution in [0.4, 0.5) is 0 Å². The van der Waals surface area contributed by atoms with Gasteiger partial charge in [-0.3, -0.25) is 4.79 Å². The molecule has 0 radical (unpaired) electrons. The highest BCUT2D eigenvalue weighted by Gasteiger charge is 2.30. The maximum Gasteiger partial charge on any atom is 0.272 e. The molecular weight excluding hydrogens is 416 g/mol. The minimum Gasteiger partial charge on any atom is -0.492 e. The van der Waals surface area contributed by atoms with Crippen LogP contribution in [-0.2, 0) is 10.0 Å². The van der Waals surface area contributed by atoms with Gasteiger partial charge in [-0.15, -0.1) is 0 Å². The van der Waals surface area contributed by atoms with Crippen molar-refractivity contribution in [2.75, 3.05) is 32.5 Å². The molecule has 1 unspecified atom stereocenters. The summed E-state index contributed by atoms with van der Waals surface area (Å²) in [5, 5.41) is 2.86. The molecule has 1 fully saturated rings. The van der Waals surface area contributed by atoms with E-state index in [0.29, 0.717) is 37.5 Å². The molecule has 0 aliphatic carbocycles. The van der Waals surface area contributed by atoms with E-state index in [0.717, 1.165) is 24.4 Å². The van der Waals surface area contributed by atoms with Gasteiger partial charge in [-0.1, -0.05) is 24.3 Å².